The lowest BCUT2D eigenvalue weighted by atomic mass is 10.2. The molecule has 0 aliphatic rings. The van der Waals surface area contributed by atoms with Gasteiger partial charge in [-0.2, -0.15) is 22.0 Å². The van der Waals surface area contributed by atoms with Gasteiger partial charge in [-0.1, -0.05) is 31.9 Å². The number of hydrogen-bond donors (Lipinski definition) is 0. The van der Waals surface area contributed by atoms with Gasteiger partial charge in [0.05, 0.1) is 6.61 Å². The first-order valence-electron chi connectivity index (χ1n) is 6.00. The molecule has 19 heavy (non-hydrogen) atoms. The van der Waals surface area contributed by atoms with E-state index in [2.05, 4.69) is 4.74 Å². The second-order valence-electron chi connectivity index (χ2n) is 3.96. The van der Waals surface area contributed by atoms with Crippen LogP contribution in [0.1, 0.15) is 39.0 Å². The van der Waals surface area contributed by atoms with Crippen molar-refractivity contribution in [2.75, 3.05) is 6.61 Å². The number of carbonyl (C=O) groups is 1. The normalized spacial score (nSPS) is 12.9. The molecule has 0 saturated heterocycles. The van der Waals surface area contributed by atoms with Crippen LogP contribution in [0, 0.1) is 0 Å². The minimum Gasteiger partial charge on any atom is -0.461 e. The summed E-state index contributed by atoms with van der Waals surface area (Å²) in [6.45, 7) is 1.55. The predicted octanol–water partition coefficient (Wildman–Crippen LogP) is 4.25. The molecule has 0 aromatic rings. The number of esters is 1. The summed E-state index contributed by atoms with van der Waals surface area (Å²) in [7, 11) is 0. The van der Waals surface area contributed by atoms with Crippen LogP contribution in [0.3, 0.4) is 0 Å². The van der Waals surface area contributed by atoms with Gasteiger partial charge in [-0.25, -0.2) is 4.79 Å². The molecule has 0 spiro atoms. The Morgan fingerprint density at radius 1 is 1.05 bits per heavy atom. The molecule has 0 aromatic heterocycles. The van der Waals surface area contributed by atoms with Crippen LogP contribution in [-0.2, 0) is 9.53 Å². The Kier molecular flexibility index (Phi) is 7.63. The van der Waals surface area contributed by atoms with E-state index in [-0.39, 0.29) is 6.42 Å². The van der Waals surface area contributed by atoms with Gasteiger partial charge < -0.3 is 4.74 Å². The van der Waals surface area contributed by atoms with Crippen molar-refractivity contribution >= 4 is 5.97 Å². The smallest absolute Gasteiger partial charge is 0.461 e. The van der Waals surface area contributed by atoms with Crippen molar-refractivity contribution in [1.82, 2.24) is 0 Å². The molecule has 0 saturated carbocycles. The van der Waals surface area contributed by atoms with Crippen LogP contribution in [0.25, 0.3) is 0 Å². The third kappa shape index (κ3) is 6.54. The summed E-state index contributed by atoms with van der Waals surface area (Å²) < 4.78 is 64.0. The number of allylic oxidation sites excluding steroid dienone is 1. The van der Waals surface area contributed by atoms with Crippen LogP contribution in [0.15, 0.2) is 12.2 Å². The highest BCUT2D eigenvalue weighted by Gasteiger charge is 2.64. The zero-order valence-electron chi connectivity index (χ0n) is 10.6. The van der Waals surface area contributed by atoms with E-state index in [1.807, 2.05) is 6.92 Å². The van der Waals surface area contributed by atoms with Crippen molar-refractivity contribution in [2.24, 2.45) is 0 Å². The van der Waals surface area contributed by atoms with E-state index in [0.29, 0.717) is 0 Å². The Hall–Kier alpha value is -1.14. The fourth-order valence-electron chi connectivity index (χ4n) is 1.17. The summed E-state index contributed by atoms with van der Waals surface area (Å²) in [5.74, 6) is -8.00. The lowest BCUT2D eigenvalue weighted by Crippen LogP contribution is -2.45. The SMILES string of the molecule is CCCCC/C=C\CCOC(=O)C(F)(F)C(F)(F)F. The molecule has 0 amide bonds. The van der Waals surface area contributed by atoms with Crippen molar-refractivity contribution in [3.63, 3.8) is 0 Å². The van der Waals surface area contributed by atoms with E-state index in [4.69, 9.17) is 0 Å². The van der Waals surface area contributed by atoms with E-state index in [1.165, 1.54) is 0 Å². The second kappa shape index (κ2) is 8.12. The van der Waals surface area contributed by atoms with Gasteiger partial charge in [0.1, 0.15) is 0 Å². The summed E-state index contributed by atoms with van der Waals surface area (Å²) in [6.07, 6.45) is 1.50. The number of halogens is 5. The second-order valence-corrected chi connectivity index (χ2v) is 3.96. The molecule has 112 valence electrons. The molecule has 0 N–H and O–H groups in total. The lowest BCUT2D eigenvalue weighted by Gasteiger charge is -2.17. The van der Waals surface area contributed by atoms with Gasteiger partial charge in [0, 0.05) is 0 Å². The average Bonchev–Trinajstić information content (AvgIpc) is 2.30. The highest BCUT2D eigenvalue weighted by molar-refractivity contribution is 5.78. The molecule has 0 aliphatic carbocycles. The molecule has 7 heteroatoms. The highest BCUT2D eigenvalue weighted by atomic mass is 19.4. The van der Waals surface area contributed by atoms with Crippen molar-refractivity contribution in [1.29, 1.82) is 0 Å². The molecular formula is C12H17F5O2. The maximum absolute atomic E-state index is 12.4. The Morgan fingerprint density at radius 2 is 1.63 bits per heavy atom. The zero-order chi connectivity index (χ0) is 14.9. The van der Waals surface area contributed by atoms with Crippen molar-refractivity contribution in [2.45, 2.75) is 51.1 Å². The van der Waals surface area contributed by atoms with Gasteiger partial charge in [0.15, 0.2) is 0 Å². The number of ether oxygens (including phenoxy) is 1. The summed E-state index contributed by atoms with van der Waals surface area (Å²) in [4.78, 5) is 10.6. The number of hydrogen-bond acceptors (Lipinski definition) is 2. The monoisotopic (exact) mass is 288 g/mol. The van der Waals surface area contributed by atoms with E-state index in [1.54, 1.807) is 12.2 Å². The number of unbranched alkanes of at least 4 members (excludes halogenated alkanes) is 3. The van der Waals surface area contributed by atoms with Gasteiger partial charge >= 0.3 is 18.1 Å². The summed E-state index contributed by atoms with van der Waals surface area (Å²) in [6, 6.07) is 0. The third-order valence-electron chi connectivity index (χ3n) is 2.27. The van der Waals surface area contributed by atoms with Gasteiger partial charge in [-0.05, 0) is 19.3 Å². The van der Waals surface area contributed by atoms with Crippen molar-refractivity contribution in [3.8, 4) is 0 Å². The Bertz CT molecular complexity index is 297. The maximum atomic E-state index is 12.4. The Labute approximate surface area is 108 Å². The molecule has 0 atom stereocenters. The highest BCUT2D eigenvalue weighted by Crippen LogP contribution is 2.36. The topological polar surface area (TPSA) is 26.3 Å². The van der Waals surface area contributed by atoms with Crippen LogP contribution < -0.4 is 0 Å². The average molecular weight is 288 g/mol. The minimum atomic E-state index is -5.92. The molecule has 0 unspecified atom stereocenters. The largest absolute Gasteiger partial charge is 0.465 e. The van der Waals surface area contributed by atoms with Gasteiger partial charge in [0.25, 0.3) is 0 Å². The van der Waals surface area contributed by atoms with E-state index < -0.39 is 24.7 Å². The quantitative estimate of drug-likeness (QED) is 0.289. The van der Waals surface area contributed by atoms with Gasteiger partial charge in [-0.3, -0.25) is 0 Å². The van der Waals surface area contributed by atoms with Crippen LogP contribution >= 0.6 is 0 Å². The molecule has 2 nitrogen and oxygen atoms in total. The van der Waals surface area contributed by atoms with E-state index >= 15 is 0 Å². The standard InChI is InChI=1S/C12H17F5O2/c1-2-3-4-5-6-7-8-9-19-10(18)11(13,14)12(15,16)17/h6-7H,2-5,8-9H2,1H3/b7-6-. The molecule has 0 rings (SSSR count). The first-order chi connectivity index (χ1) is 8.73. The minimum absolute atomic E-state index is 0.117. The fourth-order valence-corrected chi connectivity index (χ4v) is 1.17. The van der Waals surface area contributed by atoms with Crippen LogP contribution in [0.5, 0.6) is 0 Å². The summed E-state index contributed by atoms with van der Waals surface area (Å²) in [5, 5.41) is 0. The zero-order valence-corrected chi connectivity index (χ0v) is 10.6. The molecule has 0 bridgehead atoms. The fraction of sp³-hybridized carbons (Fsp3) is 0.750. The molecular weight excluding hydrogens is 271 g/mol. The Balaban J connectivity index is 3.87. The van der Waals surface area contributed by atoms with Crippen LogP contribution in [-0.4, -0.2) is 24.7 Å². The number of alkyl halides is 5. The lowest BCUT2D eigenvalue weighted by molar-refractivity contribution is -0.280. The molecule has 0 aromatic carbocycles. The van der Waals surface area contributed by atoms with Gasteiger partial charge in [0.2, 0.25) is 0 Å². The summed E-state index contributed by atoms with van der Waals surface area (Å²) in [5.41, 5.74) is 0. The molecule has 0 radical (unpaired) electrons. The number of carbonyl (C=O) groups excluding carboxylic acids is 1. The molecule has 0 aliphatic heterocycles. The van der Waals surface area contributed by atoms with Crippen LogP contribution in [0.4, 0.5) is 22.0 Å². The molecule has 0 heterocycles. The predicted molar refractivity (Wildman–Crippen MR) is 59.9 cm³/mol. The van der Waals surface area contributed by atoms with Crippen LogP contribution in [0.2, 0.25) is 0 Å². The number of rotatable bonds is 8. The van der Waals surface area contributed by atoms with Gasteiger partial charge in [-0.15, -0.1) is 0 Å². The third-order valence-corrected chi connectivity index (χ3v) is 2.27. The van der Waals surface area contributed by atoms with Crippen molar-refractivity contribution in [3.05, 3.63) is 12.2 Å². The first-order valence-corrected chi connectivity index (χ1v) is 6.00. The van der Waals surface area contributed by atoms with E-state index in [0.717, 1.165) is 25.7 Å². The van der Waals surface area contributed by atoms with Crippen molar-refractivity contribution < 1.29 is 31.5 Å². The Morgan fingerprint density at radius 3 is 2.16 bits per heavy atom. The summed E-state index contributed by atoms with van der Waals surface area (Å²) >= 11 is 0. The van der Waals surface area contributed by atoms with E-state index in [9.17, 15) is 26.7 Å². The molecule has 0 fully saturated rings. The maximum Gasteiger partial charge on any atom is 0.465 e. The first kappa shape index (κ1) is 17.9.